The number of rotatable bonds is 6. The Morgan fingerprint density at radius 1 is 1.08 bits per heavy atom. The minimum absolute atomic E-state index is 0. The van der Waals surface area contributed by atoms with Crippen molar-refractivity contribution in [3.63, 3.8) is 0 Å². The van der Waals surface area contributed by atoms with Crippen LogP contribution in [-0.2, 0) is 6.42 Å². The molecule has 0 bridgehead atoms. The van der Waals surface area contributed by atoms with Crippen LogP contribution in [0.5, 0.6) is 5.75 Å². The molecule has 1 unspecified atom stereocenters. The van der Waals surface area contributed by atoms with Gasteiger partial charge in [0, 0.05) is 17.0 Å². The minimum Gasteiger partial charge on any atom is -0.497 e. The maximum atomic E-state index is 5.19. The van der Waals surface area contributed by atoms with Gasteiger partial charge >= 0.3 is 0 Å². The van der Waals surface area contributed by atoms with E-state index in [2.05, 4.69) is 46.9 Å². The first-order valence-corrected chi connectivity index (χ1v) is 8.53. The molecule has 0 amide bonds. The van der Waals surface area contributed by atoms with Crippen molar-refractivity contribution in [3.8, 4) is 17.0 Å². The molecule has 3 nitrogen and oxygen atoms in total. The number of methoxy groups -OCH3 is 1. The molecule has 1 atom stereocenters. The molecule has 0 saturated carbocycles. The van der Waals surface area contributed by atoms with Crippen molar-refractivity contribution in [1.29, 1.82) is 0 Å². The molecule has 24 heavy (non-hydrogen) atoms. The minimum atomic E-state index is 0. The van der Waals surface area contributed by atoms with Crippen molar-refractivity contribution in [2.75, 3.05) is 12.4 Å². The number of hydrogen-bond acceptors (Lipinski definition) is 4. The highest BCUT2D eigenvalue weighted by Gasteiger charge is 2.08. The van der Waals surface area contributed by atoms with E-state index in [1.165, 1.54) is 5.56 Å². The first-order valence-electron chi connectivity index (χ1n) is 7.65. The van der Waals surface area contributed by atoms with Gasteiger partial charge in [0.2, 0.25) is 0 Å². The number of benzene rings is 2. The Morgan fingerprint density at radius 3 is 2.46 bits per heavy atom. The second-order valence-electron chi connectivity index (χ2n) is 5.50. The highest BCUT2D eigenvalue weighted by atomic mass is 35.5. The van der Waals surface area contributed by atoms with Gasteiger partial charge in [-0.1, -0.05) is 30.3 Å². The molecule has 0 aliphatic heterocycles. The van der Waals surface area contributed by atoms with Gasteiger partial charge in [0.1, 0.15) is 5.75 Å². The van der Waals surface area contributed by atoms with Crippen molar-refractivity contribution in [1.82, 2.24) is 4.98 Å². The SMILES string of the molecule is COc1ccc(-c2csc(NC(C)Cc3ccccc3)n2)cc1.Cl. The zero-order valence-corrected chi connectivity index (χ0v) is 15.4. The summed E-state index contributed by atoms with van der Waals surface area (Å²) >= 11 is 1.64. The Labute approximate surface area is 153 Å². The Morgan fingerprint density at radius 2 is 1.79 bits per heavy atom. The summed E-state index contributed by atoms with van der Waals surface area (Å²) in [6.07, 6.45) is 0.984. The van der Waals surface area contributed by atoms with Crippen molar-refractivity contribution in [2.45, 2.75) is 19.4 Å². The topological polar surface area (TPSA) is 34.1 Å². The number of thiazole rings is 1. The van der Waals surface area contributed by atoms with E-state index in [1.54, 1.807) is 18.4 Å². The summed E-state index contributed by atoms with van der Waals surface area (Å²) < 4.78 is 5.19. The Bertz CT molecular complexity index is 744. The fourth-order valence-corrected chi connectivity index (χ4v) is 3.30. The van der Waals surface area contributed by atoms with Crippen LogP contribution in [0.1, 0.15) is 12.5 Å². The first kappa shape index (κ1) is 18.3. The van der Waals surface area contributed by atoms with Crippen LogP contribution >= 0.6 is 23.7 Å². The van der Waals surface area contributed by atoms with Crippen LogP contribution in [0.3, 0.4) is 0 Å². The van der Waals surface area contributed by atoms with Crippen LogP contribution in [0.15, 0.2) is 60.0 Å². The Hall–Kier alpha value is -2.04. The van der Waals surface area contributed by atoms with Crippen molar-refractivity contribution >= 4 is 28.9 Å². The molecule has 0 radical (unpaired) electrons. The quantitative estimate of drug-likeness (QED) is 0.649. The molecule has 1 heterocycles. The second-order valence-corrected chi connectivity index (χ2v) is 6.36. The molecule has 0 saturated heterocycles. The molecule has 0 aliphatic carbocycles. The lowest BCUT2D eigenvalue weighted by Crippen LogP contribution is -2.17. The average molecular weight is 361 g/mol. The molecule has 0 aliphatic rings. The number of hydrogen-bond donors (Lipinski definition) is 1. The summed E-state index contributed by atoms with van der Waals surface area (Å²) in [4.78, 5) is 4.68. The van der Waals surface area contributed by atoms with Gasteiger partial charge in [0.25, 0.3) is 0 Å². The zero-order valence-electron chi connectivity index (χ0n) is 13.7. The van der Waals surface area contributed by atoms with Gasteiger partial charge in [-0.2, -0.15) is 0 Å². The molecule has 1 aromatic heterocycles. The molecule has 5 heteroatoms. The van der Waals surface area contributed by atoms with Crippen molar-refractivity contribution in [3.05, 3.63) is 65.5 Å². The number of nitrogens with one attached hydrogen (secondary N) is 1. The molecule has 0 fully saturated rings. The number of aromatic nitrogens is 1. The lowest BCUT2D eigenvalue weighted by molar-refractivity contribution is 0.415. The normalized spacial score (nSPS) is 11.4. The first-order chi connectivity index (χ1) is 11.2. The second kappa shape index (κ2) is 8.71. The van der Waals surface area contributed by atoms with E-state index in [9.17, 15) is 0 Å². The van der Waals surface area contributed by atoms with Gasteiger partial charge in [0.05, 0.1) is 12.8 Å². The summed E-state index contributed by atoms with van der Waals surface area (Å²) in [5, 5.41) is 6.53. The summed E-state index contributed by atoms with van der Waals surface area (Å²) in [6.45, 7) is 2.18. The lowest BCUT2D eigenvalue weighted by Gasteiger charge is -2.12. The number of anilines is 1. The smallest absolute Gasteiger partial charge is 0.183 e. The zero-order chi connectivity index (χ0) is 16.1. The summed E-state index contributed by atoms with van der Waals surface area (Å²) in [7, 11) is 1.67. The summed E-state index contributed by atoms with van der Waals surface area (Å²) in [5.74, 6) is 0.860. The third-order valence-corrected chi connectivity index (χ3v) is 4.42. The maximum absolute atomic E-state index is 5.19. The van der Waals surface area contributed by atoms with Gasteiger partial charge in [-0.05, 0) is 43.2 Å². The van der Waals surface area contributed by atoms with E-state index in [0.29, 0.717) is 6.04 Å². The third kappa shape index (κ3) is 4.73. The van der Waals surface area contributed by atoms with Gasteiger partial charge < -0.3 is 10.1 Å². The average Bonchev–Trinajstić information content (AvgIpc) is 3.04. The van der Waals surface area contributed by atoms with Gasteiger partial charge in [-0.15, -0.1) is 23.7 Å². The van der Waals surface area contributed by atoms with E-state index in [1.807, 2.05) is 30.3 Å². The molecular formula is C19H21ClN2OS. The summed E-state index contributed by atoms with van der Waals surface area (Å²) in [5.41, 5.74) is 3.43. The molecule has 2 aromatic carbocycles. The highest BCUT2D eigenvalue weighted by Crippen LogP contribution is 2.27. The van der Waals surface area contributed by atoms with Gasteiger partial charge in [0.15, 0.2) is 5.13 Å². The van der Waals surface area contributed by atoms with Crippen LogP contribution in [0.4, 0.5) is 5.13 Å². The predicted octanol–water partition coefficient (Wildman–Crippen LogP) is 5.28. The van der Waals surface area contributed by atoms with Crippen LogP contribution in [0, 0.1) is 0 Å². The molecule has 0 spiro atoms. The van der Waals surface area contributed by atoms with E-state index < -0.39 is 0 Å². The molecule has 1 N–H and O–H groups in total. The maximum Gasteiger partial charge on any atom is 0.183 e. The summed E-state index contributed by atoms with van der Waals surface area (Å²) in [6, 6.07) is 18.8. The molecule has 3 rings (SSSR count). The predicted molar refractivity (Wildman–Crippen MR) is 105 cm³/mol. The molecule has 3 aromatic rings. The van der Waals surface area contributed by atoms with Gasteiger partial charge in [-0.3, -0.25) is 0 Å². The molecule has 126 valence electrons. The van der Waals surface area contributed by atoms with E-state index in [0.717, 1.165) is 28.6 Å². The number of halogens is 1. The van der Waals surface area contributed by atoms with E-state index in [4.69, 9.17) is 4.74 Å². The van der Waals surface area contributed by atoms with Crippen LogP contribution in [0.2, 0.25) is 0 Å². The fraction of sp³-hybridized carbons (Fsp3) is 0.211. The largest absolute Gasteiger partial charge is 0.497 e. The van der Waals surface area contributed by atoms with E-state index >= 15 is 0 Å². The van der Waals surface area contributed by atoms with Crippen molar-refractivity contribution < 1.29 is 4.74 Å². The van der Waals surface area contributed by atoms with Crippen molar-refractivity contribution in [2.24, 2.45) is 0 Å². The Kier molecular flexibility index (Phi) is 6.64. The fourth-order valence-electron chi connectivity index (χ4n) is 2.46. The van der Waals surface area contributed by atoms with Crippen LogP contribution < -0.4 is 10.1 Å². The monoisotopic (exact) mass is 360 g/mol. The highest BCUT2D eigenvalue weighted by molar-refractivity contribution is 7.14. The number of ether oxygens (including phenoxy) is 1. The van der Waals surface area contributed by atoms with E-state index in [-0.39, 0.29) is 12.4 Å². The third-order valence-electron chi connectivity index (χ3n) is 3.64. The molecular weight excluding hydrogens is 340 g/mol. The Balaban J connectivity index is 0.00000208. The number of nitrogens with zero attached hydrogens (tertiary/aromatic N) is 1. The lowest BCUT2D eigenvalue weighted by atomic mass is 10.1. The van der Waals surface area contributed by atoms with Crippen LogP contribution in [0.25, 0.3) is 11.3 Å². The van der Waals surface area contributed by atoms with Crippen LogP contribution in [-0.4, -0.2) is 18.1 Å². The van der Waals surface area contributed by atoms with Gasteiger partial charge in [-0.25, -0.2) is 4.98 Å². The standard InChI is InChI=1S/C19H20N2OS.ClH/c1-14(12-15-6-4-3-5-7-15)20-19-21-18(13-23-19)16-8-10-17(22-2)11-9-16;/h3-11,13-14H,12H2,1-2H3,(H,20,21);1H.